The summed E-state index contributed by atoms with van der Waals surface area (Å²) in [6, 6.07) is 8.48. The highest BCUT2D eigenvalue weighted by molar-refractivity contribution is 7.92. The van der Waals surface area contributed by atoms with Crippen molar-refractivity contribution in [1.82, 2.24) is 20.4 Å². The Hall–Kier alpha value is -2.55. The number of rotatable bonds is 8. The molecule has 0 saturated carbocycles. The van der Waals surface area contributed by atoms with Crippen LogP contribution >= 0.6 is 0 Å². The van der Waals surface area contributed by atoms with Crippen LogP contribution in [0.3, 0.4) is 0 Å². The van der Waals surface area contributed by atoms with Gasteiger partial charge in [-0.15, -0.1) is 0 Å². The Labute approximate surface area is 147 Å². The molecule has 2 rings (SSSR count). The summed E-state index contributed by atoms with van der Waals surface area (Å²) >= 11 is 0. The van der Waals surface area contributed by atoms with Gasteiger partial charge < -0.3 is 10.6 Å². The Morgan fingerprint density at radius 3 is 2.68 bits per heavy atom. The van der Waals surface area contributed by atoms with Crippen LogP contribution in [0, 0.1) is 5.92 Å². The molecule has 0 aliphatic carbocycles. The van der Waals surface area contributed by atoms with Crippen molar-refractivity contribution in [3.8, 4) is 0 Å². The lowest BCUT2D eigenvalue weighted by Crippen LogP contribution is -2.38. The highest BCUT2D eigenvalue weighted by Crippen LogP contribution is 2.15. The van der Waals surface area contributed by atoms with E-state index in [0.717, 1.165) is 6.26 Å². The first-order valence-electron chi connectivity index (χ1n) is 7.88. The fourth-order valence-corrected chi connectivity index (χ4v) is 2.87. The number of sulfonamides is 1. The van der Waals surface area contributed by atoms with Gasteiger partial charge in [0.2, 0.25) is 10.0 Å². The van der Waals surface area contributed by atoms with Crippen LogP contribution in [0.5, 0.6) is 0 Å². The summed E-state index contributed by atoms with van der Waals surface area (Å²) in [7, 11) is -3.37. The van der Waals surface area contributed by atoms with Gasteiger partial charge in [-0.2, -0.15) is 5.10 Å². The topological polar surface area (TPSA) is 105 Å². The molecule has 1 aromatic carbocycles. The Kier molecular flexibility index (Phi) is 6.40. The number of anilines is 1. The van der Waals surface area contributed by atoms with E-state index in [1.54, 1.807) is 30.5 Å². The average molecular weight is 365 g/mol. The highest BCUT2D eigenvalue weighted by Gasteiger charge is 2.09. The first kappa shape index (κ1) is 18.8. The van der Waals surface area contributed by atoms with Gasteiger partial charge in [0.15, 0.2) is 0 Å². The zero-order valence-corrected chi connectivity index (χ0v) is 15.1. The van der Waals surface area contributed by atoms with Crippen LogP contribution in [0.2, 0.25) is 0 Å². The molecule has 0 aliphatic rings. The molecule has 0 aliphatic heterocycles. The van der Waals surface area contributed by atoms with E-state index >= 15 is 0 Å². The average Bonchev–Trinajstić information content (AvgIpc) is 3.03. The molecule has 8 nitrogen and oxygen atoms in total. The maximum atomic E-state index is 11.9. The Morgan fingerprint density at radius 1 is 1.24 bits per heavy atom. The molecular formula is C16H23N5O3S. The highest BCUT2D eigenvalue weighted by atomic mass is 32.2. The zero-order valence-electron chi connectivity index (χ0n) is 14.3. The Morgan fingerprint density at radius 2 is 2.00 bits per heavy atom. The molecule has 9 heteroatoms. The number of nitrogens with zero attached hydrogens (tertiary/aromatic N) is 2. The van der Waals surface area contributed by atoms with Crippen LogP contribution in [0.25, 0.3) is 0 Å². The molecule has 0 radical (unpaired) electrons. The normalized spacial score (nSPS) is 12.4. The molecule has 2 aromatic rings. The van der Waals surface area contributed by atoms with Crippen molar-refractivity contribution in [2.45, 2.75) is 20.0 Å². The van der Waals surface area contributed by atoms with Gasteiger partial charge in [-0.1, -0.05) is 25.1 Å². The van der Waals surface area contributed by atoms with Gasteiger partial charge in [0.25, 0.3) is 0 Å². The number of aromatic nitrogens is 2. The third kappa shape index (κ3) is 6.84. The first-order chi connectivity index (χ1) is 11.8. The van der Waals surface area contributed by atoms with Gasteiger partial charge in [0.1, 0.15) is 0 Å². The number of urea groups is 1. The molecule has 25 heavy (non-hydrogen) atoms. The van der Waals surface area contributed by atoms with Crippen molar-refractivity contribution >= 4 is 21.7 Å². The SMILES string of the molecule is C[C@H](CNC(=O)NCc1ccccc1NS(C)(=O)=O)Cn1cccn1. The fourth-order valence-electron chi connectivity index (χ4n) is 2.27. The first-order valence-corrected chi connectivity index (χ1v) is 9.77. The van der Waals surface area contributed by atoms with E-state index in [9.17, 15) is 13.2 Å². The van der Waals surface area contributed by atoms with E-state index in [4.69, 9.17) is 0 Å². The number of nitrogens with one attached hydrogen (secondary N) is 3. The van der Waals surface area contributed by atoms with Gasteiger partial charge in [-0.3, -0.25) is 9.40 Å². The number of hydrogen-bond acceptors (Lipinski definition) is 4. The number of carbonyl (C=O) groups is 1. The number of para-hydroxylation sites is 1. The van der Waals surface area contributed by atoms with Crippen molar-refractivity contribution in [2.24, 2.45) is 5.92 Å². The molecule has 0 spiro atoms. The van der Waals surface area contributed by atoms with Crippen molar-refractivity contribution < 1.29 is 13.2 Å². The number of amides is 2. The second-order valence-electron chi connectivity index (χ2n) is 5.93. The van der Waals surface area contributed by atoms with Gasteiger partial charge in [-0.25, -0.2) is 13.2 Å². The second kappa shape index (κ2) is 8.52. The van der Waals surface area contributed by atoms with Crippen molar-refractivity contribution in [3.63, 3.8) is 0 Å². The van der Waals surface area contributed by atoms with Gasteiger partial charge in [0.05, 0.1) is 11.9 Å². The van der Waals surface area contributed by atoms with Crippen LogP contribution in [0.1, 0.15) is 12.5 Å². The molecule has 1 heterocycles. The third-order valence-corrected chi connectivity index (χ3v) is 4.01. The molecule has 1 atom stereocenters. The van der Waals surface area contributed by atoms with Crippen LogP contribution in [0.4, 0.5) is 10.5 Å². The number of carbonyl (C=O) groups excluding carboxylic acids is 1. The molecule has 0 bridgehead atoms. The van der Waals surface area contributed by atoms with Gasteiger partial charge in [0, 0.05) is 32.0 Å². The van der Waals surface area contributed by atoms with Crippen LogP contribution in [-0.2, 0) is 23.1 Å². The monoisotopic (exact) mass is 365 g/mol. The lowest BCUT2D eigenvalue weighted by molar-refractivity contribution is 0.238. The number of hydrogen-bond donors (Lipinski definition) is 3. The maximum Gasteiger partial charge on any atom is 0.315 e. The summed E-state index contributed by atoms with van der Waals surface area (Å²) in [6.45, 7) is 3.47. The van der Waals surface area contributed by atoms with E-state index < -0.39 is 10.0 Å². The number of benzene rings is 1. The van der Waals surface area contributed by atoms with E-state index in [1.165, 1.54) is 0 Å². The Bertz CT molecular complexity index is 790. The standard InChI is InChI=1S/C16H23N5O3S/c1-13(12-21-9-5-8-19-21)10-17-16(22)18-11-14-6-3-4-7-15(14)20-25(2,23)24/h3-9,13,20H,10-12H2,1-2H3,(H2,17,18,22)/t13-/m1/s1. The van der Waals surface area contributed by atoms with Crippen molar-refractivity contribution in [3.05, 3.63) is 48.3 Å². The second-order valence-corrected chi connectivity index (χ2v) is 7.68. The van der Waals surface area contributed by atoms with E-state index in [1.807, 2.05) is 23.9 Å². The van der Waals surface area contributed by atoms with E-state index in [2.05, 4.69) is 20.5 Å². The lowest BCUT2D eigenvalue weighted by Gasteiger charge is -2.14. The quantitative estimate of drug-likeness (QED) is 0.657. The van der Waals surface area contributed by atoms with Gasteiger partial charge >= 0.3 is 6.03 Å². The summed E-state index contributed by atoms with van der Waals surface area (Å²) in [5, 5.41) is 9.67. The predicted octanol–water partition coefficient (Wildman–Crippen LogP) is 1.39. The lowest BCUT2D eigenvalue weighted by atomic mass is 10.2. The molecule has 1 aromatic heterocycles. The van der Waals surface area contributed by atoms with E-state index in [-0.39, 0.29) is 18.5 Å². The van der Waals surface area contributed by atoms with Crippen LogP contribution in [-0.4, -0.2) is 37.0 Å². The molecule has 0 fully saturated rings. The summed E-state index contributed by atoms with van der Waals surface area (Å²) in [5.41, 5.74) is 1.14. The summed E-state index contributed by atoms with van der Waals surface area (Å²) < 4.78 is 27.0. The van der Waals surface area contributed by atoms with E-state index in [0.29, 0.717) is 24.3 Å². The van der Waals surface area contributed by atoms with Crippen LogP contribution in [0.15, 0.2) is 42.7 Å². The summed E-state index contributed by atoms with van der Waals surface area (Å²) in [4.78, 5) is 11.9. The largest absolute Gasteiger partial charge is 0.338 e. The molecule has 2 amide bonds. The minimum absolute atomic E-state index is 0.220. The zero-order chi connectivity index (χ0) is 18.3. The molecule has 0 saturated heterocycles. The summed E-state index contributed by atoms with van der Waals surface area (Å²) in [6.07, 6.45) is 4.68. The minimum atomic E-state index is -3.37. The summed E-state index contributed by atoms with van der Waals surface area (Å²) in [5.74, 6) is 0.227. The fraction of sp³-hybridized carbons (Fsp3) is 0.375. The minimum Gasteiger partial charge on any atom is -0.338 e. The third-order valence-electron chi connectivity index (χ3n) is 3.42. The molecular weight excluding hydrogens is 342 g/mol. The smallest absolute Gasteiger partial charge is 0.315 e. The van der Waals surface area contributed by atoms with Crippen molar-refractivity contribution in [2.75, 3.05) is 17.5 Å². The van der Waals surface area contributed by atoms with Crippen LogP contribution < -0.4 is 15.4 Å². The maximum absolute atomic E-state index is 11.9. The van der Waals surface area contributed by atoms with Crippen molar-refractivity contribution in [1.29, 1.82) is 0 Å². The molecule has 136 valence electrons. The molecule has 3 N–H and O–H groups in total. The Balaban J connectivity index is 1.80. The van der Waals surface area contributed by atoms with Gasteiger partial charge in [-0.05, 0) is 23.6 Å². The molecule has 0 unspecified atom stereocenters. The predicted molar refractivity (Wildman–Crippen MR) is 96.5 cm³/mol.